The van der Waals surface area contributed by atoms with Crippen LogP contribution in [0.15, 0.2) is 84.3 Å². The summed E-state index contributed by atoms with van der Waals surface area (Å²) in [6.45, 7) is 0.275. The maximum atomic E-state index is 13.6. The van der Waals surface area contributed by atoms with Gasteiger partial charge >= 0.3 is 6.18 Å². The van der Waals surface area contributed by atoms with Crippen LogP contribution in [0, 0.1) is 6.92 Å². The van der Waals surface area contributed by atoms with E-state index in [0.717, 1.165) is 22.3 Å². The Labute approximate surface area is 199 Å². The third-order valence-electron chi connectivity index (χ3n) is 5.98. The number of halogens is 3. The van der Waals surface area contributed by atoms with E-state index in [-0.39, 0.29) is 10.6 Å². The van der Waals surface area contributed by atoms with Crippen LogP contribution in [0.4, 0.5) is 18.9 Å². The van der Waals surface area contributed by atoms with Gasteiger partial charge in [0, 0.05) is 48.3 Å². The molecule has 0 N–H and O–H groups in total. The number of sulfonamides is 1. The number of anilines is 1. The Balaban J connectivity index is 1.59. The second-order valence-electron chi connectivity index (χ2n) is 8.35. The summed E-state index contributed by atoms with van der Waals surface area (Å²) in [6.07, 6.45) is 2.29. The molecule has 0 saturated heterocycles. The summed E-state index contributed by atoms with van der Waals surface area (Å²) >= 11 is 0. The monoisotopic (exact) mass is 498 g/mol. The normalized spacial score (nSPS) is 12.5. The van der Waals surface area contributed by atoms with E-state index in [0.29, 0.717) is 15.2 Å². The lowest BCUT2D eigenvalue weighted by atomic mass is 10.0. The second kappa shape index (κ2) is 8.16. The van der Waals surface area contributed by atoms with Crippen molar-refractivity contribution in [2.45, 2.75) is 18.0 Å². The largest absolute Gasteiger partial charge is 0.407 e. The lowest BCUT2D eigenvalue weighted by molar-refractivity contribution is -0.117. The van der Waals surface area contributed by atoms with Crippen molar-refractivity contribution in [2.24, 2.45) is 7.05 Å². The fourth-order valence-electron chi connectivity index (χ4n) is 4.26. The molecule has 35 heavy (non-hydrogen) atoms. The first-order chi connectivity index (χ1) is 16.5. The van der Waals surface area contributed by atoms with E-state index in [1.807, 2.05) is 23.6 Å². The van der Waals surface area contributed by atoms with Crippen molar-refractivity contribution in [2.75, 3.05) is 10.8 Å². The Morgan fingerprint density at radius 2 is 1.77 bits per heavy atom. The molecular formula is C25H21F3N4O2S. The van der Waals surface area contributed by atoms with Crippen LogP contribution >= 0.6 is 0 Å². The third kappa shape index (κ3) is 4.14. The van der Waals surface area contributed by atoms with Crippen LogP contribution in [0.2, 0.25) is 0 Å². The van der Waals surface area contributed by atoms with Crippen molar-refractivity contribution in [3.63, 3.8) is 0 Å². The summed E-state index contributed by atoms with van der Waals surface area (Å²) in [6, 6.07) is 14.1. The number of hydrogen-bond acceptors (Lipinski definition) is 3. The molecule has 0 bridgehead atoms. The van der Waals surface area contributed by atoms with Gasteiger partial charge in [0.05, 0.1) is 10.6 Å². The molecule has 0 aliphatic carbocycles. The molecule has 0 aliphatic rings. The predicted octanol–water partition coefficient (Wildman–Crippen LogP) is 5.56. The first kappa shape index (κ1) is 23.0. The summed E-state index contributed by atoms with van der Waals surface area (Å²) in [4.78, 5) is 4.07. The van der Waals surface area contributed by atoms with E-state index >= 15 is 0 Å². The number of alkyl halides is 3. The summed E-state index contributed by atoms with van der Waals surface area (Å²) in [5.74, 6) is 0. The van der Waals surface area contributed by atoms with E-state index in [9.17, 15) is 21.6 Å². The first-order valence-electron chi connectivity index (χ1n) is 10.7. The summed E-state index contributed by atoms with van der Waals surface area (Å²) in [5, 5.41) is 0.364. The zero-order chi connectivity index (χ0) is 25.0. The topological polar surface area (TPSA) is 59.6 Å². The summed E-state index contributed by atoms with van der Waals surface area (Å²) in [5.41, 5.74) is 3.86. The number of aryl methyl sites for hydroxylation is 2. The highest BCUT2D eigenvalue weighted by molar-refractivity contribution is 7.93. The van der Waals surface area contributed by atoms with Crippen LogP contribution in [-0.2, 0) is 17.1 Å². The van der Waals surface area contributed by atoms with Crippen molar-refractivity contribution < 1.29 is 21.6 Å². The van der Waals surface area contributed by atoms with Gasteiger partial charge in [-0.1, -0.05) is 18.2 Å². The molecule has 5 aromatic rings. The molecule has 0 aliphatic heterocycles. The van der Waals surface area contributed by atoms with E-state index in [1.165, 1.54) is 24.3 Å². The SMILES string of the molecule is Cc1cc2nccn2cc1-c1ccc(N(CC(F)(F)F)S(=O)(=O)c2cccc3c2ccn3C)cc1. The molecule has 0 saturated carbocycles. The number of rotatable bonds is 5. The number of imidazole rings is 1. The molecule has 0 spiro atoms. The Morgan fingerprint density at radius 3 is 2.49 bits per heavy atom. The Bertz CT molecular complexity index is 1650. The van der Waals surface area contributed by atoms with E-state index in [2.05, 4.69) is 4.98 Å². The molecule has 6 nitrogen and oxygen atoms in total. The minimum Gasteiger partial charge on any atom is -0.351 e. The molecule has 0 atom stereocenters. The molecule has 3 aromatic heterocycles. The van der Waals surface area contributed by atoms with Gasteiger partial charge in [-0.05, 0) is 54.4 Å². The Morgan fingerprint density at radius 1 is 1.03 bits per heavy atom. The van der Waals surface area contributed by atoms with Gasteiger partial charge in [0.2, 0.25) is 0 Å². The number of nitrogens with zero attached hydrogens (tertiary/aromatic N) is 4. The average molecular weight is 499 g/mol. The van der Waals surface area contributed by atoms with Crippen LogP contribution < -0.4 is 4.31 Å². The zero-order valence-corrected chi connectivity index (χ0v) is 19.7. The predicted molar refractivity (Wildman–Crippen MR) is 129 cm³/mol. The summed E-state index contributed by atoms with van der Waals surface area (Å²) < 4.78 is 71.8. The molecule has 10 heteroatoms. The zero-order valence-electron chi connectivity index (χ0n) is 18.9. The van der Waals surface area contributed by atoms with Gasteiger partial charge in [-0.15, -0.1) is 0 Å². The summed E-state index contributed by atoms with van der Waals surface area (Å²) in [7, 11) is -2.78. The van der Waals surface area contributed by atoms with E-state index in [1.54, 1.807) is 54.5 Å². The molecule has 0 amide bonds. The first-order valence-corrected chi connectivity index (χ1v) is 12.2. The Kier molecular flexibility index (Phi) is 5.36. The van der Waals surface area contributed by atoms with Gasteiger partial charge in [-0.25, -0.2) is 13.4 Å². The van der Waals surface area contributed by atoms with E-state index < -0.39 is 22.7 Å². The van der Waals surface area contributed by atoms with Gasteiger partial charge < -0.3 is 8.97 Å². The minimum absolute atomic E-state index is 0.0691. The number of benzene rings is 2. The van der Waals surface area contributed by atoms with Crippen molar-refractivity contribution >= 4 is 32.3 Å². The quantitative estimate of drug-likeness (QED) is 0.319. The fourth-order valence-corrected chi connectivity index (χ4v) is 5.92. The highest BCUT2D eigenvalue weighted by atomic mass is 32.2. The van der Waals surface area contributed by atoms with Gasteiger partial charge in [-0.3, -0.25) is 4.31 Å². The highest BCUT2D eigenvalue weighted by Crippen LogP contribution is 2.34. The molecule has 5 rings (SSSR count). The van der Waals surface area contributed by atoms with Crippen molar-refractivity contribution in [1.82, 2.24) is 14.0 Å². The molecule has 0 unspecified atom stereocenters. The van der Waals surface area contributed by atoms with Crippen LogP contribution in [0.25, 0.3) is 27.7 Å². The number of aromatic nitrogens is 3. The van der Waals surface area contributed by atoms with Crippen LogP contribution in [0.1, 0.15) is 5.56 Å². The van der Waals surface area contributed by atoms with Crippen LogP contribution in [-0.4, -0.2) is 35.1 Å². The molecule has 3 heterocycles. The van der Waals surface area contributed by atoms with Gasteiger partial charge in [0.15, 0.2) is 0 Å². The molecule has 180 valence electrons. The maximum absolute atomic E-state index is 13.6. The van der Waals surface area contributed by atoms with Gasteiger partial charge in [0.1, 0.15) is 12.2 Å². The third-order valence-corrected chi connectivity index (χ3v) is 7.81. The smallest absolute Gasteiger partial charge is 0.351 e. The van der Waals surface area contributed by atoms with Crippen LogP contribution in [0.5, 0.6) is 0 Å². The number of fused-ring (bicyclic) bond motifs is 2. The average Bonchev–Trinajstić information content (AvgIpc) is 3.42. The van der Waals surface area contributed by atoms with E-state index in [4.69, 9.17) is 0 Å². The lowest BCUT2D eigenvalue weighted by Crippen LogP contribution is -2.39. The standard InChI is InChI=1S/C25H21F3N4O2S/c1-17-14-24-29-11-13-31(24)15-21(17)18-6-8-19(9-7-18)32(16-25(26,27)28)35(33,34)23-5-3-4-22-20(23)10-12-30(22)2/h3-15H,16H2,1-2H3. The van der Waals surface area contributed by atoms with Crippen molar-refractivity contribution in [3.05, 3.63) is 84.9 Å². The molecule has 0 radical (unpaired) electrons. The molecule has 0 fully saturated rings. The lowest BCUT2D eigenvalue weighted by Gasteiger charge is -2.26. The second-order valence-corrected chi connectivity index (χ2v) is 10.2. The van der Waals surface area contributed by atoms with Crippen LogP contribution in [0.3, 0.4) is 0 Å². The molecular weight excluding hydrogens is 477 g/mol. The van der Waals surface area contributed by atoms with Gasteiger partial charge in [0.25, 0.3) is 10.0 Å². The Hall–Kier alpha value is -3.79. The molecule has 2 aromatic carbocycles. The fraction of sp³-hybridized carbons (Fsp3) is 0.160. The maximum Gasteiger partial charge on any atom is 0.407 e. The van der Waals surface area contributed by atoms with Gasteiger partial charge in [-0.2, -0.15) is 13.2 Å². The number of hydrogen-bond donors (Lipinski definition) is 0. The number of pyridine rings is 1. The van der Waals surface area contributed by atoms with Crippen molar-refractivity contribution in [1.29, 1.82) is 0 Å². The highest BCUT2D eigenvalue weighted by Gasteiger charge is 2.38. The van der Waals surface area contributed by atoms with Crippen molar-refractivity contribution in [3.8, 4) is 11.1 Å². The minimum atomic E-state index is -4.74.